The van der Waals surface area contributed by atoms with Crippen LogP contribution in [0.2, 0.25) is 0 Å². The fourth-order valence-electron chi connectivity index (χ4n) is 5.45. The maximum Gasteiger partial charge on any atom is 0.375 e. The fourth-order valence-corrected chi connectivity index (χ4v) is 7.93. The molecule has 0 radical (unpaired) electrons. The number of carboxylic acid groups (broad SMARTS) is 2. The van der Waals surface area contributed by atoms with Gasteiger partial charge in [0, 0.05) is 12.1 Å². The molecule has 0 fully saturated rings. The molecule has 312 valence electrons. The zero-order valence-electron chi connectivity index (χ0n) is 32.0. The van der Waals surface area contributed by atoms with Gasteiger partial charge in [0.2, 0.25) is 42.4 Å². The molecular formula is C42H38N2O14S2. The summed E-state index contributed by atoms with van der Waals surface area (Å²) in [6.45, 7) is 2.46. The van der Waals surface area contributed by atoms with Crippen molar-refractivity contribution in [2.45, 2.75) is 49.9 Å². The minimum Gasteiger partial charge on any atom is -0.481 e. The minimum absolute atomic E-state index is 0.0227. The van der Waals surface area contributed by atoms with Gasteiger partial charge in [0.15, 0.2) is 0 Å². The second-order valence-corrected chi connectivity index (χ2v) is 16.3. The number of carbonyl (C=O) groups is 2. The predicted octanol–water partition coefficient (Wildman–Crippen LogP) is 5.41. The monoisotopic (exact) mass is 858 g/mol. The first-order chi connectivity index (χ1) is 28.6. The molecular weight excluding hydrogens is 821 g/mol. The van der Waals surface area contributed by atoms with Gasteiger partial charge in [0.1, 0.15) is 24.7 Å². The molecule has 0 aliphatic carbocycles. The maximum absolute atomic E-state index is 12.5. The summed E-state index contributed by atoms with van der Waals surface area (Å²) in [6.07, 6.45) is 0. The van der Waals surface area contributed by atoms with E-state index in [0.29, 0.717) is 11.1 Å². The third-order valence-corrected chi connectivity index (χ3v) is 11.5. The highest BCUT2D eigenvalue weighted by Crippen LogP contribution is 2.21. The highest BCUT2D eigenvalue weighted by molar-refractivity contribution is 7.89. The molecule has 0 atom stereocenters. The van der Waals surface area contributed by atoms with Crippen molar-refractivity contribution in [3.05, 3.63) is 187 Å². The van der Waals surface area contributed by atoms with Crippen LogP contribution in [0.1, 0.15) is 54.9 Å². The van der Waals surface area contributed by atoms with E-state index in [9.17, 15) is 46.2 Å². The second-order valence-electron chi connectivity index (χ2n) is 12.8. The Balaban J connectivity index is 0.000000228. The van der Waals surface area contributed by atoms with Crippen molar-refractivity contribution in [1.82, 2.24) is 9.44 Å². The molecule has 0 spiro atoms. The molecule has 2 heterocycles. The number of hydrogen-bond donors (Lipinski definition) is 4. The van der Waals surface area contributed by atoms with E-state index >= 15 is 0 Å². The number of aromatic carboxylic acids is 2. The number of nitrogens with one attached hydrogen (secondary N) is 2. The Bertz CT molecular complexity index is 2630. The Morgan fingerprint density at radius 3 is 1.22 bits per heavy atom. The lowest BCUT2D eigenvalue weighted by Gasteiger charge is -2.11. The Morgan fingerprint density at radius 2 is 0.883 bits per heavy atom. The average Bonchev–Trinajstić information content (AvgIpc) is 3.22. The standard InChI is InChI=1S/2C21H19NO7S/c2*1-14-7-5-6-10-18(14)30(26,27)22-12-16-11-17(23)19(20(29-16)21(24)25)28-13-15-8-3-2-4-9-15/h2*2-11,22H,12-13H2,1H3,(H,24,25). The van der Waals surface area contributed by atoms with E-state index in [1.165, 1.54) is 12.1 Å². The first-order valence-electron chi connectivity index (χ1n) is 17.8. The van der Waals surface area contributed by atoms with Crippen LogP contribution in [-0.4, -0.2) is 39.0 Å². The highest BCUT2D eigenvalue weighted by Gasteiger charge is 2.24. The zero-order valence-corrected chi connectivity index (χ0v) is 33.6. The molecule has 0 unspecified atom stereocenters. The summed E-state index contributed by atoms with van der Waals surface area (Å²) in [5.41, 5.74) is 1.12. The molecule has 0 bridgehead atoms. The summed E-state index contributed by atoms with van der Waals surface area (Å²) in [7, 11) is -7.76. The molecule has 0 aliphatic rings. The zero-order chi connectivity index (χ0) is 43.5. The molecule has 4 aromatic carbocycles. The van der Waals surface area contributed by atoms with Gasteiger partial charge in [0.05, 0.1) is 22.9 Å². The van der Waals surface area contributed by atoms with Gasteiger partial charge in [-0.05, 0) is 48.2 Å². The van der Waals surface area contributed by atoms with Gasteiger partial charge in [0.25, 0.3) is 11.5 Å². The van der Waals surface area contributed by atoms with Gasteiger partial charge in [-0.25, -0.2) is 35.9 Å². The Labute approximate surface area is 343 Å². The van der Waals surface area contributed by atoms with Gasteiger partial charge >= 0.3 is 11.9 Å². The molecule has 18 heteroatoms. The normalized spacial score (nSPS) is 11.2. The van der Waals surface area contributed by atoms with Gasteiger partial charge in [-0.2, -0.15) is 0 Å². The van der Waals surface area contributed by atoms with Gasteiger partial charge < -0.3 is 28.5 Å². The summed E-state index contributed by atoms with van der Waals surface area (Å²) in [5.74, 6) is -5.58. The smallest absolute Gasteiger partial charge is 0.375 e. The van der Waals surface area contributed by atoms with Crippen molar-refractivity contribution in [2.75, 3.05) is 0 Å². The summed E-state index contributed by atoms with van der Waals surface area (Å²) in [6, 6.07) is 32.6. The first-order valence-corrected chi connectivity index (χ1v) is 20.8. The first kappa shape index (κ1) is 44.2. The third-order valence-electron chi connectivity index (χ3n) is 8.39. The van der Waals surface area contributed by atoms with Crippen molar-refractivity contribution in [1.29, 1.82) is 0 Å². The van der Waals surface area contributed by atoms with E-state index in [-0.39, 0.29) is 34.5 Å². The number of hydrogen-bond acceptors (Lipinski definition) is 12. The van der Waals surface area contributed by atoms with Crippen molar-refractivity contribution in [3.8, 4) is 11.5 Å². The molecule has 16 nitrogen and oxygen atoms in total. The van der Waals surface area contributed by atoms with Crippen LogP contribution in [0.3, 0.4) is 0 Å². The number of ether oxygens (including phenoxy) is 2. The molecule has 60 heavy (non-hydrogen) atoms. The van der Waals surface area contributed by atoms with Crippen LogP contribution in [0.25, 0.3) is 0 Å². The SMILES string of the molecule is Cc1ccccc1S(=O)(=O)NCc1cc(=O)c(OCc2ccccc2)c(C(=O)O)o1.Cc1ccccc1S(=O)(=O)NCc1cc(=O)c(OCc2ccccc2)c(C(=O)O)o1. The Kier molecular flexibility index (Phi) is 14.5. The summed E-state index contributed by atoms with van der Waals surface area (Å²) < 4.78 is 75.8. The van der Waals surface area contributed by atoms with Crippen molar-refractivity contribution in [2.24, 2.45) is 0 Å². The second kappa shape index (κ2) is 19.7. The number of benzene rings is 4. The number of rotatable bonds is 16. The predicted molar refractivity (Wildman–Crippen MR) is 216 cm³/mol. The van der Waals surface area contributed by atoms with E-state index in [4.69, 9.17) is 18.3 Å². The van der Waals surface area contributed by atoms with Crippen LogP contribution in [-0.2, 0) is 46.3 Å². The van der Waals surface area contributed by atoms with E-state index in [1.807, 2.05) is 12.1 Å². The lowest BCUT2D eigenvalue weighted by atomic mass is 10.2. The van der Waals surface area contributed by atoms with Crippen LogP contribution in [0.5, 0.6) is 11.5 Å². The Hall–Kier alpha value is -6.86. The molecule has 0 saturated carbocycles. The van der Waals surface area contributed by atoms with E-state index in [1.54, 1.807) is 98.8 Å². The molecule has 2 aromatic heterocycles. The minimum atomic E-state index is -3.88. The van der Waals surface area contributed by atoms with Gasteiger partial charge in [-0.1, -0.05) is 97.1 Å². The third kappa shape index (κ3) is 11.6. The van der Waals surface area contributed by atoms with E-state index in [2.05, 4.69) is 9.44 Å². The molecule has 0 saturated heterocycles. The quantitative estimate of drug-likeness (QED) is 0.0952. The maximum atomic E-state index is 12.5. The van der Waals surface area contributed by atoms with Crippen molar-refractivity contribution < 1.29 is 54.9 Å². The average molecular weight is 859 g/mol. The largest absolute Gasteiger partial charge is 0.481 e. The lowest BCUT2D eigenvalue weighted by molar-refractivity contribution is 0.0637. The lowest BCUT2D eigenvalue weighted by Crippen LogP contribution is -2.25. The summed E-state index contributed by atoms with van der Waals surface area (Å²) in [5, 5.41) is 18.8. The summed E-state index contributed by atoms with van der Waals surface area (Å²) in [4.78, 5) is 48.1. The van der Waals surface area contributed by atoms with E-state index < -0.39 is 79.0 Å². The number of carboxylic acids is 2. The highest BCUT2D eigenvalue weighted by atomic mass is 32.2. The van der Waals surface area contributed by atoms with E-state index in [0.717, 1.165) is 23.3 Å². The van der Waals surface area contributed by atoms with Crippen LogP contribution >= 0.6 is 0 Å². The molecule has 0 aliphatic heterocycles. The number of aryl methyl sites for hydroxylation is 2. The molecule has 0 amide bonds. The van der Waals surface area contributed by atoms with Crippen molar-refractivity contribution in [3.63, 3.8) is 0 Å². The fraction of sp³-hybridized carbons (Fsp3) is 0.143. The van der Waals surface area contributed by atoms with Crippen molar-refractivity contribution >= 4 is 32.0 Å². The van der Waals surface area contributed by atoms with Crippen LogP contribution in [0, 0.1) is 13.8 Å². The molecule has 4 N–H and O–H groups in total. The van der Waals surface area contributed by atoms with Crippen LogP contribution in [0.15, 0.2) is 150 Å². The molecule has 6 aromatic rings. The van der Waals surface area contributed by atoms with Crippen LogP contribution in [0.4, 0.5) is 0 Å². The van der Waals surface area contributed by atoms with Gasteiger partial charge in [-0.3, -0.25) is 9.59 Å². The topological polar surface area (TPSA) is 246 Å². The van der Waals surface area contributed by atoms with Gasteiger partial charge in [-0.15, -0.1) is 0 Å². The van der Waals surface area contributed by atoms with Crippen LogP contribution < -0.4 is 29.8 Å². The number of sulfonamides is 2. The Morgan fingerprint density at radius 1 is 0.550 bits per heavy atom. The summed E-state index contributed by atoms with van der Waals surface area (Å²) >= 11 is 0. The molecule has 6 rings (SSSR count).